The molecule has 1 amide bonds. The maximum absolute atomic E-state index is 12.2. The summed E-state index contributed by atoms with van der Waals surface area (Å²) in [5.74, 6) is 0.161. The first-order valence-corrected chi connectivity index (χ1v) is 7.47. The van der Waals surface area contributed by atoms with Crippen LogP contribution in [0.5, 0.6) is 0 Å². The van der Waals surface area contributed by atoms with E-state index in [0.717, 1.165) is 18.6 Å². The van der Waals surface area contributed by atoms with Crippen LogP contribution >= 0.6 is 0 Å². The van der Waals surface area contributed by atoms with Gasteiger partial charge in [-0.25, -0.2) is 0 Å². The highest BCUT2D eigenvalue weighted by Crippen LogP contribution is 2.22. The zero-order valence-electron chi connectivity index (χ0n) is 13.6. The molecular weight excluding hydrogens is 262 g/mol. The normalized spacial score (nSPS) is 12.9. The van der Waals surface area contributed by atoms with Gasteiger partial charge in [-0.05, 0) is 39.4 Å². The lowest BCUT2D eigenvalue weighted by molar-refractivity contribution is -0.134. The second-order valence-electron chi connectivity index (χ2n) is 5.72. The average Bonchev–Trinajstić information content (AvgIpc) is 2.81. The molecule has 1 N–H and O–H groups in total. The number of hydrogen-bond donors (Lipinski definition) is 1. The van der Waals surface area contributed by atoms with Crippen molar-refractivity contribution in [1.29, 1.82) is 0 Å². The van der Waals surface area contributed by atoms with Gasteiger partial charge in [-0.1, -0.05) is 18.2 Å². The Labute approximate surface area is 126 Å². The van der Waals surface area contributed by atoms with E-state index in [-0.39, 0.29) is 11.9 Å². The van der Waals surface area contributed by atoms with Gasteiger partial charge in [-0.3, -0.25) is 9.69 Å². The van der Waals surface area contributed by atoms with Crippen LogP contribution in [0.25, 0.3) is 10.9 Å². The predicted octanol–water partition coefficient (Wildman–Crippen LogP) is 2.77. The molecule has 0 saturated carbocycles. The lowest BCUT2D eigenvalue weighted by Gasteiger charge is -2.27. The van der Waals surface area contributed by atoms with E-state index in [2.05, 4.69) is 35.0 Å². The largest absolute Gasteiger partial charge is 0.357 e. The standard InChI is InChI=1S/C17H25N3O/c1-6-19(4)17(21)13(3)20(5)11-16-12(2)14-9-7-8-10-15(14)18-16/h7-10,13,18H,6,11H2,1-5H3/t13-/m0/s1. The number of amides is 1. The van der Waals surface area contributed by atoms with E-state index >= 15 is 0 Å². The van der Waals surface area contributed by atoms with Crippen LogP contribution in [0.3, 0.4) is 0 Å². The molecule has 0 aliphatic rings. The van der Waals surface area contributed by atoms with Gasteiger partial charge in [0.25, 0.3) is 0 Å². The van der Waals surface area contributed by atoms with Gasteiger partial charge in [0, 0.05) is 36.7 Å². The molecule has 21 heavy (non-hydrogen) atoms. The van der Waals surface area contributed by atoms with Crippen LogP contribution in [0.15, 0.2) is 24.3 Å². The monoisotopic (exact) mass is 287 g/mol. The second-order valence-corrected chi connectivity index (χ2v) is 5.72. The topological polar surface area (TPSA) is 39.3 Å². The maximum atomic E-state index is 12.2. The number of aryl methyl sites for hydroxylation is 1. The van der Waals surface area contributed by atoms with Crippen LogP contribution < -0.4 is 0 Å². The Kier molecular flexibility index (Phi) is 4.68. The molecule has 2 rings (SSSR count). The van der Waals surface area contributed by atoms with Crippen molar-refractivity contribution in [3.05, 3.63) is 35.5 Å². The molecule has 4 heteroatoms. The number of rotatable bonds is 5. The minimum absolute atomic E-state index is 0.124. The summed E-state index contributed by atoms with van der Waals surface area (Å²) in [7, 11) is 3.85. The van der Waals surface area contributed by atoms with Crippen molar-refractivity contribution in [3.63, 3.8) is 0 Å². The van der Waals surface area contributed by atoms with Gasteiger partial charge >= 0.3 is 0 Å². The first-order valence-electron chi connectivity index (χ1n) is 7.47. The van der Waals surface area contributed by atoms with Crippen LogP contribution in [-0.4, -0.2) is 47.4 Å². The molecule has 1 atom stereocenters. The number of para-hydroxylation sites is 1. The fourth-order valence-electron chi connectivity index (χ4n) is 2.55. The van der Waals surface area contributed by atoms with Gasteiger partial charge < -0.3 is 9.88 Å². The molecule has 0 fully saturated rings. The summed E-state index contributed by atoms with van der Waals surface area (Å²) in [5.41, 5.74) is 3.60. The van der Waals surface area contributed by atoms with Gasteiger partial charge in [-0.15, -0.1) is 0 Å². The Morgan fingerprint density at radius 2 is 1.95 bits per heavy atom. The fraction of sp³-hybridized carbons (Fsp3) is 0.471. The Bertz CT molecular complexity index is 632. The number of nitrogens with zero attached hydrogens (tertiary/aromatic N) is 2. The minimum atomic E-state index is -0.124. The number of H-pyrrole nitrogens is 1. The molecule has 0 unspecified atom stereocenters. The number of carbonyl (C=O) groups excluding carboxylic acids is 1. The third-order valence-corrected chi connectivity index (χ3v) is 4.35. The van der Waals surface area contributed by atoms with E-state index in [4.69, 9.17) is 0 Å². The van der Waals surface area contributed by atoms with Crippen LogP contribution in [0.2, 0.25) is 0 Å². The maximum Gasteiger partial charge on any atom is 0.239 e. The van der Waals surface area contributed by atoms with E-state index in [1.807, 2.05) is 34.0 Å². The van der Waals surface area contributed by atoms with Crippen molar-refractivity contribution >= 4 is 16.8 Å². The third kappa shape index (κ3) is 3.10. The molecule has 0 radical (unpaired) electrons. The van der Waals surface area contributed by atoms with Gasteiger partial charge in [0.15, 0.2) is 0 Å². The van der Waals surface area contributed by atoms with Crippen LogP contribution in [0.4, 0.5) is 0 Å². The summed E-state index contributed by atoms with van der Waals surface area (Å²) in [6.07, 6.45) is 0. The van der Waals surface area contributed by atoms with Gasteiger partial charge in [-0.2, -0.15) is 0 Å². The summed E-state index contributed by atoms with van der Waals surface area (Å²) in [6.45, 7) is 7.57. The quantitative estimate of drug-likeness (QED) is 0.918. The summed E-state index contributed by atoms with van der Waals surface area (Å²) in [5, 5.41) is 1.26. The Morgan fingerprint density at radius 3 is 2.57 bits per heavy atom. The Hall–Kier alpha value is -1.81. The molecular formula is C17H25N3O. The zero-order chi connectivity index (χ0) is 15.6. The number of hydrogen-bond acceptors (Lipinski definition) is 2. The molecule has 1 aromatic heterocycles. The summed E-state index contributed by atoms with van der Waals surface area (Å²) in [4.78, 5) is 19.6. The van der Waals surface area contributed by atoms with Crippen LogP contribution in [0.1, 0.15) is 25.1 Å². The lowest BCUT2D eigenvalue weighted by atomic mass is 10.1. The second kappa shape index (κ2) is 6.31. The smallest absolute Gasteiger partial charge is 0.239 e. The van der Waals surface area contributed by atoms with Gasteiger partial charge in [0.05, 0.1) is 6.04 Å². The van der Waals surface area contributed by atoms with Crippen molar-refractivity contribution in [2.24, 2.45) is 0 Å². The van der Waals surface area contributed by atoms with E-state index in [0.29, 0.717) is 0 Å². The molecule has 114 valence electrons. The predicted molar refractivity (Wildman–Crippen MR) is 87.3 cm³/mol. The summed E-state index contributed by atoms with van der Waals surface area (Å²) in [6, 6.07) is 8.18. The highest BCUT2D eigenvalue weighted by atomic mass is 16.2. The number of aromatic amines is 1. The van der Waals surface area contributed by atoms with E-state index < -0.39 is 0 Å². The fourth-order valence-corrected chi connectivity index (χ4v) is 2.55. The lowest BCUT2D eigenvalue weighted by Crippen LogP contribution is -2.43. The van der Waals surface area contributed by atoms with E-state index in [9.17, 15) is 4.79 Å². The van der Waals surface area contributed by atoms with Crippen molar-refractivity contribution in [3.8, 4) is 0 Å². The number of likely N-dealkylation sites (N-methyl/N-ethyl adjacent to an activating group) is 2. The highest BCUT2D eigenvalue weighted by Gasteiger charge is 2.21. The molecule has 1 heterocycles. The number of nitrogens with one attached hydrogen (secondary N) is 1. The average molecular weight is 287 g/mol. The molecule has 0 bridgehead atoms. The number of aromatic nitrogens is 1. The van der Waals surface area contributed by atoms with Gasteiger partial charge in [0.1, 0.15) is 0 Å². The minimum Gasteiger partial charge on any atom is -0.357 e. The highest BCUT2D eigenvalue weighted by molar-refractivity contribution is 5.84. The SMILES string of the molecule is CCN(C)C(=O)[C@H](C)N(C)Cc1[nH]c2ccccc2c1C. The first kappa shape index (κ1) is 15.6. The van der Waals surface area contributed by atoms with E-state index in [1.54, 1.807) is 4.90 Å². The van der Waals surface area contributed by atoms with E-state index in [1.165, 1.54) is 16.6 Å². The number of benzene rings is 1. The molecule has 1 aromatic carbocycles. The first-order chi connectivity index (χ1) is 9.95. The molecule has 2 aromatic rings. The number of fused-ring (bicyclic) bond motifs is 1. The molecule has 0 aliphatic carbocycles. The van der Waals surface area contributed by atoms with Crippen molar-refractivity contribution in [2.75, 3.05) is 20.6 Å². The van der Waals surface area contributed by atoms with Crippen LogP contribution in [-0.2, 0) is 11.3 Å². The van der Waals surface area contributed by atoms with Crippen molar-refractivity contribution < 1.29 is 4.79 Å². The zero-order valence-corrected chi connectivity index (χ0v) is 13.6. The summed E-state index contributed by atoms with van der Waals surface area (Å²) < 4.78 is 0. The molecule has 0 spiro atoms. The summed E-state index contributed by atoms with van der Waals surface area (Å²) >= 11 is 0. The Balaban J connectivity index is 2.16. The molecule has 0 saturated heterocycles. The van der Waals surface area contributed by atoms with Crippen molar-refractivity contribution in [2.45, 2.75) is 33.4 Å². The van der Waals surface area contributed by atoms with Crippen molar-refractivity contribution in [1.82, 2.24) is 14.8 Å². The van der Waals surface area contributed by atoms with Gasteiger partial charge in [0.2, 0.25) is 5.91 Å². The third-order valence-electron chi connectivity index (χ3n) is 4.35. The molecule has 4 nitrogen and oxygen atoms in total. The molecule has 0 aliphatic heterocycles. The number of carbonyl (C=O) groups is 1. The Morgan fingerprint density at radius 1 is 1.29 bits per heavy atom. The van der Waals surface area contributed by atoms with Crippen LogP contribution in [0, 0.1) is 6.92 Å².